The van der Waals surface area contributed by atoms with Crippen molar-refractivity contribution >= 4 is 62.6 Å². The van der Waals surface area contributed by atoms with Gasteiger partial charge < -0.3 is 72.2 Å². The first-order chi connectivity index (χ1) is 54.7. The van der Waals surface area contributed by atoms with Gasteiger partial charge in [-0.25, -0.2) is 61.1 Å². The van der Waals surface area contributed by atoms with Crippen LogP contribution in [0.1, 0.15) is 175 Å². The van der Waals surface area contributed by atoms with E-state index >= 15 is 0 Å². The maximum atomic E-state index is 13.5. The minimum atomic E-state index is -6.09. The molecule has 676 valence electrons. The number of carbonyl (C=O) groups is 7. The maximum Gasteiger partial charge on any atom is 0.485 e. The molecule has 2 aromatic heterocycles. The number of nitrogens with one attached hydrogen (secondary N) is 3. The van der Waals surface area contributed by atoms with E-state index < -0.39 is 118 Å². The van der Waals surface area contributed by atoms with Gasteiger partial charge in [-0.3, -0.25) is 4.84 Å². The number of carbonyl (C=O) groups excluding carboxylic acids is 7. The molecule has 8 rings (SSSR count). The van der Waals surface area contributed by atoms with E-state index in [2.05, 4.69) is 78.3 Å². The number of alkyl carbamates (subject to hydrolysis) is 2. The lowest BCUT2D eigenvalue weighted by atomic mass is 9.89. The number of alkyl halides is 6. The highest BCUT2D eigenvalue weighted by Crippen LogP contribution is 2.40. The van der Waals surface area contributed by atoms with Crippen molar-refractivity contribution in [1.82, 2.24) is 35.3 Å². The molecule has 0 aliphatic carbocycles. The van der Waals surface area contributed by atoms with Crippen LogP contribution in [-0.2, 0) is 112 Å². The van der Waals surface area contributed by atoms with Gasteiger partial charge in [0.05, 0.1) is 48.4 Å². The van der Waals surface area contributed by atoms with E-state index in [1.165, 1.54) is 13.0 Å². The van der Waals surface area contributed by atoms with Crippen LogP contribution in [0.3, 0.4) is 0 Å². The van der Waals surface area contributed by atoms with Crippen molar-refractivity contribution < 1.29 is 148 Å². The second kappa shape index (κ2) is 40.2. The Morgan fingerprint density at radius 3 is 1.17 bits per heavy atom. The Labute approximate surface area is 695 Å². The number of hydrogen-bond donors (Lipinski definition) is 4. The molecular formula is C78H116F6N10O24S2. The molecule has 4 atom stereocenters. The molecule has 42 heteroatoms. The van der Waals surface area contributed by atoms with Gasteiger partial charge in [0.15, 0.2) is 33.3 Å². The molecule has 0 saturated carbocycles. The number of aryl methyl sites for hydroxylation is 4. The molecule has 2 aromatic carbocycles. The van der Waals surface area contributed by atoms with Crippen LogP contribution in [0.4, 0.5) is 50.3 Å². The van der Waals surface area contributed by atoms with Gasteiger partial charge in [-0.2, -0.15) is 41.2 Å². The molecule has 34 nitrogen and oxygen atoms in total. The highest BCUT2D eigenvalue weighted by Gasteiger charge is 2.52. The van der Waals surface area contributed by atoms with Crippen LogP contribution < -0.4 is 40.8 Å². The molecule has 120 heavy (non-hydrogen) atoms. The second-order valence-corrected chi connectivity index (χ2v) is 38.0. The van der Waals surface area contributed by atoms with Crippen LogP contribution in [0.15, 0.2) is 73.8 Å². The number of amides is 5. The molecule has 5 amide bonds. The van der Waals surface area contributed by atoms with Gasteiger partial charge in [0.25, 0.3) is 0 Å². The highest BCUT2D eigenvalue weighted by molar-refractivity contribution is 7.86. The highest BCUT2D eigenvalue weighted by atomic mass is 32.2. The number of nitrogens with two attached hydrogens (primary N) is 1. The van der Waals surface area contributed by atoms with Crippen molar-refractivity contribution in [2.45, 2.75) is 271 Å². The molecule has 5 N–H and O–H groups in total. The van der Waals surface area contributed by atoms with E-state index in [1.54, 1.807) is 58.3 Å². The number of ether oxygens (including phenoxy) is 9. The van der Waals surface area contributed by atoms with Gasteiger partial charge in [-0.1, -0.05) is 24.8 Å². The molecule has 4 aliphatic rings. The first-order valence-corrected chi connectivity index (χ1v) is 41.3. The number of hydroxylamine groups is 1. The summed E-state index contributed by atoms with van der Waals surface area (Å²) in [5.74, 6) is 6.15. The Morgan fingerprint density at radius 2 is 0.850 bits per heavy atom. The van der Waals surface area contributed by atoms with Crippen LogP contribution in [-0.4, -0.2) is 201 Å². The summed E-state index contributed by atoms with van der Waals surface area (Å²) in [6.45, 7) is 45.4. The Kier molecular flexibility index (Phi) is 33.9. The Bertz CT molecular complexity index is 4410. The monoisotopic (exact) mass is 1750 g/mol. The maximum absolute atomic E-state index is 13.5. The van der Waals surface area contributed by atoms with Crippen molar-refractivity contribution in [3.63, 3.8) is 0 Å². The summed E-state index contributed by atoms with van der Waals surface area (Å²) in [5.41, 5.74) is -10.0. The lowest BCUT2D eigenvalue weighted by Gasteiger charge is -2.38. The zero-order valence-electron chi connectivity index (χ0n) is 71.5. The summed E-state index contributed by atoms with van der Waals surface area (Å²) in [4.78, 5) is 103. The molecule has 2 saturated heterocycles. The van der Waals surface area contributed by atoms with E-state index in [-0.39, 0.29) is 30.6 Å². The van der Waals surface area contributed by atoms with Gasteiger partial charge in [-0.05, 0) is 224 Å². The fourth-order valence-electron chi connectivity index (χ4n) is 11.8. The smallest absolute Gasteiger partial charge is 0.485 e. The van der Waals surface area contributed by atoms with Crippen molar-refractivity contribution in [2.75, 3.05) is 45.9 Å². The standard InChI is InChI=1S/C40H59N5O10.C36H55N5O8.2CHF3O3S/c1-12-20-50-35(48)42-55-40(11,33(46)52-37(2,3)4)32-17-15-29-21-28(14-16-31(29)51-32)30-25-44(19-13-18-41-34(47)53-38(5,6)7)45(26-30)24-27-22-43(23-27)36(49)54-39(8,9)10;1-33(2,3)46-30(42)36(10,49-37)29-15-13-26-18-25(12-14-28(26)45-29)27-22-40(17-11-16-38-31(43)47-34(4,5)6)41(23-27)21-24-19-39(20-24)32(44)48-35(7,8)9;2*2-1(3,4)8(5,6)7/h12,14,16,21,25-27,32H,1,13,15,17-20,22-24H2,2-11H3,(H-,41,42,47,48);12,14,18,22-24,29H,11,13,15-17,19-21,37H2,1-10H3;2*(H,5,6,7)/t32-,40+;29-,36+;;/m11../s1. The van der Waals surface area contributed by atoms with Gasteiger partial charge in [0.1, 0.15) is 63.9 Å². The Hall–Kier alpha value is -9.23. The molecule has 2 fully saturated rings. The third-order valence-electron chi connectivity index (χ3n) is 17.4. The van der Waals surface area contributed by atoms with Gasteiger partial charge in [0, 0.05) is 39.3 Å². The molecule has 0 radical (unpaired) electrons. The number of benzene rings is 2. The number of hydrogen-bond acceptors (Lipinski definition) is 25. The summed E-state index contributed by atoms with van der Waals surface area (Å²) < 4.78 is 177. The SMILES string of the molecule is C=CCOC(=O)NO[C@](C)(C(=O)OC(C)(C)C)[C@H]1CCc2cc(-c3cn(CCCNC(=O)OC(C)(C)C)[n+](CC4CN(C(=O)OC(C)(C)C)C4)c3)ccc2O1.CC(C)(C)OC(=O)NCCCn1cc(-c2ccc3c(c2)CC[C@H]([C@](C)(ON)C(=O)OC(C)(C)C)O3)c[n+]1CC1CN(C(=O)OC(C)(C)C)C1.O=S(=O)([O-])C(F)(F)F.O=S(=O)([O-])C(F)(F)F. The first kappa shape index (κ1) is 101. The number of halogens is 6. The van der Waals surface area contributed by atoms with Gasteiger partial charge in [-0.15, -0.1) is 9.36 Å². The summed E-state index contributed by atoms with van der Waals surface area (Å²) in [5, 5.41) is 5.67. The van der Waals surface area contributed by atoms with Crippen molar-refractivity contribution in [2.24, 2.45) is 17.7 Å². The zero-order chi connectivity index (χ0) is 91.1. The predicted octanol–water partition coefficient (Wildman–Crippen LogP) is 10.9. The topological polar surface area (TPSA) is 422 Å². The summed E-state index contributed by atoms with van der Waals surface area (Å²) in [6, 6.07) is 11.9. The number of nitrogens with zero attached hydrogens (tertiary/aromatic N) is 6. The quantitative estimate of drug-likeness (QED) is 0.00617. The van der Waals surface area contributed by atoms with E-state index in [0.717, 1.165) is 39.9 Å². The average molecular weight is 1760 g/mol. The molecule has 0 unspecified atom stereocenters. The number of aromatic nitrogens is 4. The third-order valence-corrected chi connectivity index (χ3v) is 18.5. The van der Waals surface area contributed by atoms with E-state index in [9.17, 15) is 59.9 Å². The predicted molar refractivity (Wildman–Crippen MR) is 417 cm³/mol. The number of likely N-dealkylation sites (tertiary alicyclic amines) is 2. The van der Waals surface area contributed by atoms with Crippen LogP contribution in [0.25, 0.3) is 22.3 Å². The lowest BCUT2D eigenvalue weighted by molar-refractivity contribution is -0.781. The number of esters is 2. The van der Waals surface area contributed by atoms with Crippen molar-refractivity contribution in [3.05, 3.63) is 85.0 Å². The van der Waals surface area contributed by atoms with Crippen LogP contribution >= 0.6 is 0 Å². The molecule has 4 aromatic rings. The zero-order valence-corrected chi connectivity index (χ0v) is 73.2. The molecule has 6 heterocycles. The molecule has 0 spiro atoms. The van der Waals surface area contributed by atoms with E-state index in [0.29, 0.717) is 109 Å². The fourth-order valence-corrected chi connectivity index (χ4v) is 11.8. The van der Waals surface area contributed by atoms with Crippen LogP contribution in [0, 0.1) is 11.8 Å². The number of fused-ring (bicyclic) bond motifs is 2. The first-order valence-electron chi connectivity index (χ1n) is 38.5. The van der Waals surface area contributed by atoms with Gasteiger partial charge >= 0.3 is 53.4 Å². The van der Waals surface area contributed by atoms with E-state index in [1.807, 2.05) is 107 Å². The molecule has 4 aliphatic heterocycles. The van der Waals surface area contributed by atoms with Gasteiger partial charge in [0.2, 0.25) is 23.6 Å². The van der Waals surface area contributed by atoms with Crippen molar-refractivity contribution in [3.8, 4) is 33.8 Å². The Balaban J connectivity index is 0.000000362. The fraction of sp³-hybridized carbons (Fsp3) is 0.654. The summed E-state index contributed by atoms with van der Waals surface area (Å²) in [6.07, 6.45) is 9.54. The Morgan fingerprint density at radius 1 is 0.517 bits per heavy atom. The third kappa shape index (κ3) is 32.3. The minimum absolute atomic E-state index is 0.0318. The molecular weight excluding hydrogens is 1640 g/mol. The lowest BCUT2D eigenvalue weighted by Crippen LogP contribution is -2.58. The van der Waals surface area contributed by atoms with Crippen LogP contribution in [0.2, 0.25) is 0 Å². The average Bonchev–Trinajstić information content (AvgIpc) is 1.69. The number of rotatable bonds is 23. The van der Waals surface area contributed by atoms with Crippen LogP contribution in [0.5, 0.6) is 11.5 Å². The largest absolute Gasteiger partial charge is 0.741 e. The second-order valence-electron chi connectivity index (χ2n) is 35.2. The summed E-state index contributed by atoms with van der Waals surface area (Å²) >= 11 is 0. The minimum Gasteiger partial charge on any atom is -0.741 e. The normalized spacial score (nSPS) is 17.0. The van der Waals surface area contributed by atoms with E-state index in [4.69, 9.17) is 84.1 Å². The molecule has 0 bridgehead atoms. The van der Waals surface area contributed by atoms with Crippen molar-refractivity contribution in [1.29, 1.82) is 0 Å². The summed E-state index contributed by atoms with van der Waals surface area (Å²) in [7, 11) is -12.2.